The van der Waals surface area contributed by atoms with Crippen LogP contribution in [0.4, 0.5) is 17.1 Å². The van der Waals surface area contributed by atoms with Crippen molar-refractivity contribution < 1.29 is 9.53 Å². The lowest BCUT2D eigenvalue weighted by molar-refractivity contribution is -0.115. The van der Waals surface area contributed by atoms with E-state index in [9.17, 15) is 4.79 Å². The molecule has 3 rings (SSSR count). The lowest BCUT2D eigenvalue weighted by Gasteiger charge is -2.12. The van der Waals surface area contributed by atoms with Crippen LogP contribution < -0.4 is 15.4 Å². The van der Waals surface area contributed by atoms with Crippen LogP contribution in [0.15, 0.2) is 60.0 Å². The molecule has 0 aliphatic carbocycles. The Labute approximate surface area is 151 Å². The number of rotatable bonds is 6. The Morgan fingerprint density at radius 2 is 1.84 bits per heavy atom. The van der Waals surface area contributed by atoms with Crippen molar-refractivity contribution in [3.05, 3.63) is 70.4 Å². The highest BCUT2D eigenvalue weighted by Crippen LogP contribution is 2.29. The van der Waals surface area contributed by atoms with Crippen molar-refractivity contribution in [2.45, 2.75) is 13.3 Å². The summed E-state index contributed by atoms with van der Waals surface area (Å²) in [4.78, 5) is 13.1. The quantitative estimate of drug-likeness (QED) is 0.657. The number of carbonyl (C=O) groups excluding carboxylic acids is 1. The number of carbonyl (C=O) groups is 1. The van der Waals surface area contributed by atoms with Gasteiger partial charge in [-0.15, -0.1) is 11.3 Å². The van der Waals surface area contributed by atoms with Gasteiger partial charge in [0, 0.05) is 16.3 Å². The van der Waals surface area contributed by atoms with E-state index in [1.54, 1.807) is 18.4 Å². The molecular weight excluding hydrogens is 332 g/mol. The number of aryl methyl sites for hydroxylation is 1. The lowest BCUT2D eigenvalue weighted by Crippen LogP contribution is -2.13. The zero-order valence-corrected chi connectivity index (χ0v) is 15.0. The fraction of sp³-hybridized carbons (Fsp3) is 0.150. The standard InChI is InChI=1S/C20H20N2O2S/c1-14-5-10-19(24-2)18(12-14)21-15-6-8-16(9-7-15)22-20(23)13-17-4-3-11-25-17/h3-12,21H,13H2,1-2H3,(H,22,23). The minimum Gasteiger partial charge on any atom is -0.495 e. The molecular formula is C20H20N2O2S. The molecule has 3 aromatic rings. The lowest BCUT2D eigenvalue weighted by atomic mass is 10.2. The van der Waals surface area contributed by atoms with Gasteiger partial charge in [-0.3, -0.25) is 4.79 Å². The number of amides is 1. The summed E-state index contributed by atoms with van der Waals surface area (Å²) >= 11 is 1.59. The summed E-state index contributed by atoms with van der Waals surface area (Å²) in [7, 11) is 1.65. The molecule has 2 aromatic carbocycles. The SMILES string of the molecule is COc1ccc(C)cc1Nc1ccc(NC(=O)Cc2cccs2)cc1. The largest absolute Gasteiger partial charge is 0.495 e. The van der Waals surface area contributed by atoms with Crippen molar-refractivity contribution >= 4 is 34.3 Å². The first-order valence-corrected chi connectivity index (χ1v) is 8.86. The van der Waals surface area contributed by atoms with Gasteiger partial charge in [-0.2, -0.15) is 0 Å². The van der Waals surface area contributed by atoms with Gasteiger partial charge in [0.2, 0.25) is 5.91 Å². The summed E-state index contributed by atoms with van der Waals surface area (Å²) in [5.74, 6) is 0.780. The molecule has 128 valence electrons. The van der Waals surface area contributed by atoms with E-state index in [-0.39, 0.29) is 5.91 Å². The number of nitrogens with one attached hydrogen (secondary N) is 2. The summed E-state index contributed by atoms with van der Waals surface area (Å²) in [5, 5.41) is 8.24. The van der Waals surface area contributed by atoms with Gasteiger partial charge in [-0.25, -0.2) is 0 Å². The van der Waals surface area contributed by atoms with Crippen molar-refractivity contribution in [2.75, 3.05) is 17.7 Å². The minimum atomic E-state index is -0.0106. The van der Waals surface area contributed by atoms with Gasteiger partial charge in [-0.1, -0.05) is 12.1 Å². The molecule has 1 amide bonds. The Morgan fingerprint density at radius 1 is 1.08 bits per heavy atom. The topological polar surface area (TPSA) is 50.4 Å². The third kappa shape index (κ3) is 4.61. The number of ether oxygens (including phenoxy) is 1. The zero-order valence-electron chi connectivity index (χ0n) is 14.2. The number of anilines is 3. The number of thiophene rings is 1. The van der Waals surface area contributed by atoms with Crippen LogP contribution in [-0.4, -0.2) is 13.0 Å². The molecule has 5 heteroatoms. The van der Waals surface area contributed by atoms with Crippen LogP contribution in [-0.2, 0) is 11.2 Å². The molecule has 0 spiro atoms. The van der Waals surface area contributed by atoms with Crippen LogP contribution >= 0.6 is 11.3 Å². The second-order valence-electron chi connectivity index (χ2n) is 5.71. The summed E-state index contributed by atoms with van der Waals surface area (Å²) in [6, 6.07) is 17.5. The van der Waals surface area contributed by atoms with Crippen molar-refractivity contribution in [1.29, 1.82) is 0 Å². The van der Waals surface area contributed by atoms with Crippen molar-refractivity contribution in [3.63, 3.8) is 0 Å². The Kier molecular flexibility index (Phi) is 5.36. The van der Waals surface area contributed by atoms with E-state index in [0.717, 1.165) is 33.3 Å². The summed E-state index contributed by atoms with van der Waals surface area (Å²) in [6.45, 7) is 2.04. The molecule has 0 aliphatic rings. The van der Waals surface area contributed by atoms with E-state index in [1.807, 2.05) is 66.9 Å². The van der Waals surface area contributed by atoms with Gasteiger partial charge in [-0.05, 0) is 60.3 Å². The van der Waals surface area contributed by atoms with Crippen LogP contribution in [0.25, 0.3) is 0 Å². The van der Waals surface area contributed by atoms with Crippen LogP contribution in [0.1, 0.15) is 10.4 Å². The van der Waals surface area contributed by atoms with Crippen LogP contribution in [0.5, 0.6) is 5.75 Å². The van der Waals surface area contributed by atoms with E-state index >= 15 is 0 Å². The highest BCUT2D eigenvalue weighted by atomic mass is 32.1. The zero-order chi connectivity index (χ0) is 17.6. The Hall–Kier alpha value is -2.79. The van der Waals surface area contributed by atoms with Crippen LogP contribution in [0.2, 0.25) is 0 Å². The van der Waals surface area contributed by atoms with Crippen molar-refractivity contribution in [1.82, 2.24) is 0 Å². The fourth-order valence-corrected chi connectivity index (χ4v) is 3.19. The average Bonchev–Trinajstić information content (AvgIpc) is 3.10. The third-order valence-corrected chi connectivity index (χ3v) is 4.59. The van der Waals surface area contributed by atoms with E-state index in [4.69, 9.17) is 4.74 Å². The second-order valence-corrected chi connectivity index (χ2v) is 6.74. The molecule has 4 nitrogen and oxygen atoms in total. The average molecular weight is 352 g/mol. The second kappa shape index (κ2) is 7.85. The number of methoxy groups -OCH3 is 1. The molecule has 0 aliphatic heterocycles. The normalized spacial score (nSPS) is 10.3. The monoisotopic (exact) mass is 352 g/mol. The number of benzene rings is 2. The number of hydrogen-bond acceptors (Lipinski definition) is 4. The first-order valence-electron chi connectivity index (χ1n) is 7.98. The van der Waals surface area contributed by atoms with Crippen molar-refractivity contribution in [3.8, 4) is 5.75 Å². The first kappa shape index (κ1) is 17.0. The van der Waals surface area contributed by atoms with Gasteiger partial charge < -0.3 is 15.4 Å². The van der Waals surface area contributed by atoms with Crippen LogP contribution in [0, 0.1) is 6.92 Å². The van der Waals surface area contributed by atoms with Gasteiger partial charge in [0.05, 0.1) is 19.2 Å². The summed E-state index contributed by atoms with van der Waals surface area (Å²) in [6.07, 6.45) is 0.401. The first-order chi connectivity index (χ1) is 12.1. The summed E-state index contributed by atoms with van der Waals surface area (Å²) < 4.78 is 5.38. The van der Waals surface area contributed by atoms with Gasteiger partial charge in [0.1, 0.15) is 5.75 Å². The minimum absolute atomic E-state index is 0.0106. The van der Waals surface area contributed by atoms with E-state index in [0.29, 0.717) is 6.42 Å². The maximum atomic E-state index is 12.0. The highest BCUT2D eigenvalue weighted by Gasteiger charge is 2.06. The van der Waals surface area contributed by atoms with E-state index in [1.165, 1.54) is 0 Å². The molecule has 0 fully saturated rings. The molecule has 1 heterocycles. The molecule has 0 saturated heterocycles. The van der Waals surface area contributed by atoms with Crippen molar-refractivity contribution in [2.24, 2.45) is 0 Å². The molecule has 0 unspecified atom stereocenters. The predicted molar refractivity (Wildman–Crippen MR) is 104 cm³/mol. The maximum absolute atomic E-state index is 12.0. The molecule has 0 saturated carbocycles. The molecule has 0 atom stereocenters. The van der Waals surface area contributed by atoms with E-state index in [2.05, 4.69) is 10.6 Å². The van der Waals surface area contributed by atoms with Gasteiger partial charge >= 0.3 is 0 Å². The number of hydrogen-bond donors (Lipinski definition) is 2. The Bertz CT molecular complexity index is 843. The van der Waals surface area contributed by atoms with E-state index < -0.39 is 0 Å². The molecule has 25 heavy (non-hydrogen) atoms. The smallest absolute Gasteiger partial charge is 0.229 e. The Morgan fingerprint density at radius 3 is 2.52 bits per heavy atom. The molecule has 1 aromatic heterocycles. The highest BCUT2D eigenvalue weighted by molar-refractivity contribution is 7.10. The van der Waals surface area contributed by atoms with Crippen LogP contribution in [0.3, 0.4) is 0 Å². The van der Waals surface area contributed by atoms with Gasteiger partial charge in [0.25, 0.3) is 0 Å². The molecule has 0 bridgehead atoms. The fourth-order valence-electron chi connectivity index (χ4n) is 2.49. The third-order valence-electron chi connectivity index (χ3n) is 3.72. The molecule has 0 radical (unpaired) electrons. The molecule has 2 N–H and O–H groups in total. The summed E-state index contributed by atoms with van der Waals surface area (Å²) in [5.41, 5.74) is 3.78. The predicted octanol–water partition coefficient (Wildman–Crippen LogP) is 4.99. The maximum Gasteiger partial charge on any atom is 0.229 e. The van der Waals surface area contributed by atoms with Gasteiger partial charge in [0.15, 0.2) is 0 Å². The Balaban J connectivity index is 1.64.